The first-order valence-corrected chi connectivity index (χ1v) is 9.92. The van der Waals surface area contributed by atoms with Crippen molar-refractivity contribution >= 4 is 22.6 Å². The number of nitrogens with one attached hydrogen (secondary N) is 2. The number of rotatable bonds is 5. The molecule has 1 unspecified atom stereocenters. The number of imidazole rings is 1. The zero-order chi connectivity index (χ0) is 20.9. The van der Waals surface area contributed by atoms with Gasteiger partial charge in [0.05, 0.1) is 0 Å². The van der Waals surface area contributed by atoms with Crippen molar-refractivity contribution in [3.8, 4) is 11.6 Å². The van der Waals surface area contributed by atoms with Gasteiger partial charge in [-0.25, -0.2) is 19.7 Å². The molecule has 29 heavy (non-hydrogen) atoms. The van der Waals surface area contributed by atoms with Gasteiger partial charge in [0.1, 0.15) is 11.3 Å². The van der Waals surface area contributed by atoms with Gasteiger partial charge in [-0.15, -0.1) is 0 Å². The molecule has 0 bridgehead atoms. The van der Waals surface area contributed by atoms with E-state index in [0.29, 0.717) is 17.4 Å². The van der Waals surface area contributed by atoms with Crippen LogP contribution in [-0.2, 0) is 7.05 Å². The van der Waals surface area contributed by atoms with Crippen LogP contribution in [0.4, 0.5) is 5.82 Å². The predicted molar refractivity (Wildman–Crippen MR) is 111 cm³/mol. The molecule has 0 aromatic carbocycles. The number of hydrogen-bond acceptors (Lipinski definition) is 7. The summed E-state index contributed by atoms with van der Waals surface area (Å²) in [6, 6.07) is 0.259. The fourth-order valence-electron chi connectivity index (χ4n) is 3.52. The molecule has 154 valence electrons. The predicted octanol–water partition coefficient (Wildman–Crippen LogP) is 3.37. The third kappa shape index (κ3) is 3.45. The second-order valence-electron chi connectivity index (χ2n) is 8.86. The lowest BCUT2D eigenvalue weighted by Crippen LogP contribution is -2.31. The van der Waals surface area contributed by atoms with Gasteiger partial charge in [0.25, 0.3) is 0 Å². The molecule has 0 radical (unpaired) electrons. The normalized spacial score (nSPS) is 16.0. The molecular formula is C20H27N7O2. The number of allylic oxidation sites excluding steroid dienone is 1. The molecule has 1 atom stereocenters. The second kappa shape index (κ2) is 6.82. The first-order chi connectivity index (χ1) is 13.6. The Labute approximate surface area is 168 Å². The lowest BCUT2D eigenvalue weighted by Gasteiger charge is -2.32. The maximum absolute atomic E-state index is 11.4. The molecule has 3 aromatic heterocycles. The summed E-state index contributed by atoms with van der Waals surface area (Å²) >= 11 is 0. The first kappa shape index (κ1) is 19.4. The van der Waals surface area contributed by atoms with Crippen LogP contribution in [0.1, 0.15) is 52.8 Å². The fourth-order valence-corrected chi connectivity index (χ4v) is 3.52. The minimum Gasteiger partial charge on any atom is -0.365 e. The van der Waals surface area contributed by atoms with Crippen LogP contribution >= 0.6 is 0 Å². The molecule has 1 saturated carbocycles. The van der Waals surface area contributed by atoms with E-state index in [0.717, 1.165) is 16.9 Å². The smallest absolute Gasteiger partial charge is 0.365 e. The van der Waals surface area contributed by atoms with Crippen LogP contribution in [0, 0.1) is 11.3 Å². The molecule has 0 saturated heterocycles. The number of aromatic amines is 1. The standard InChI is InChI=1S/C20H27N7O2/c1-10(20(3,4)5)18-24-15-13(27(18)6)14(21-11(2)12-8-7-9-12)22-16(23-15)17-25-19(28)29-26-17/h11-12H,1,7-9H2,2-6H3,(H,21,22,23)(H,25,26,28). The summed E-state index contributed by atoms with van der Waals surface area (Å²) in [6.07, 6.45) is 3.69. The number of nitrogens with zero attached hydrogens (tertiary/aromatic N) is 5. The van der Waals surface area contributed by atoms with Crippen LogP contribution in [0.3, 0.4) is 0 Å². The van der Waals surface area contributed by atoms with E-state index < -0.39 is 5.76 Å². The Morgan fingerprint density at radius 2 is 2.03 bits per heavy atom. The maximum Gasteiger partial charge on any atom is 0.439 e. The van der Waals surface area contributed by atoms with E-state index in [1.807, 2.05) is 11.6 Å². The minimum atomic E-state index is -0.649. The van der Waals surface area contributed by atoms with Crippen molar-refractivity contribution in [1.82, 2.24) is 29.7 Å². The average Bonchev–Trinajstić information content (AvgIpc) is 3.15. The van der Waals surface area contributed by atoms with Crippen molar-refractivity contribution in [3.05, 3.63) is 23.0 Å². The largest absolute Gasteiger partial charge is 0.439 e. The monoisotopic (exact) mass is 397 g/mol. The molecular weight excluding hydrogens is 370 g/mol. The summed E-state index contributed by atoms with van der Waals surface area (Å²) in [5.74, 6) is 1.83. The maximum atomic E-state index is 11.4. The second-order valence-corrected chi connectivity index (χ2v) is 8.86. The lowest BCUT2D eigenvalue weighted by molar-refractivity contribution is 0.285. The van der Waals surface area contributed by atoms with Gasteiger partial charge in [0.15, 0.2) is 11.5 Å². The quantitative estimate of drug-likeness (QED) is 0.678. The van der Waals surface area contributed by atoms with E-state index in [2.05, 4.69) is 64.2 Å². The number of hydrogen-bond donors (Lipinski definition) is 2. The van der Waals surface area contributed by atoms with Crippen LogP contribution in [0.2, 0.25) is 0 Å². The zero-order valence-electron chi connectivity index (χ0n) is 17.5. The third-order valence-electron chi connectivity index (χ3n) is 5.78. The van der Waals surface area contributed by atoms with Crippen LogP contribution in [-0.4, -0.2) is 35.7 Å². The van der Waals surface area contributed by atoms with E-state index in [-0.39, 0.29) is 23.1 Å². The third-order valence-corrected chi connectivity index (χ3v) is 5.78. The summed E-state index contributed by atoms with van der Waals surface area (Å²) in [6.45, 7) is 12.7. The Balaban J connectivity index is 1.87. The molecule has 0 amide bonds. The number of aryl methyl sites for hydroxylation is 1. The van der Waals surface area contributed by atoms with Gasteiger partial charge in [0, 0.05) is 13.1 Å². The number of anilines is 1. The van der Waals surface area contributed by atoms with Crippen LogP contribution in [0.25, 0.3) is 28.4 Å². The Morgan fingerprint density at radius 1 is 1.31 bits per heavy atom. The van der Waals surface area contributed by atoms with E-state index in [9.17, 15) is 4.79 Å². The molecule has 0 aliphatic heterocycles. The summed E-state index contributed by atoms with van der Waals surface area (Å²) in [5, 5.41) is 7.27. The first-order valence-electron chi connectivity index (χ1n) is 9.92. The molecule has 3 aromatic rings. The average molecular weight is 397 g/mol. The minimum absolute atomic E-state index is 0.143. The Kier molecular flexibility index (Phi) is 4.55. The van der Waals surface area contributed by atoms with Crippen molar-refractivity contribution in [3.63, 3.8) is 0 Å². The van der Waals surface area contributed by atoms with E-state index in [1.165, 1.54) is 19.3 Å². The topological polar surface area (TPSA) is 115 Å². The van der Waals surface area contributed by atoms with E-state index in [4.69, 9.17) is 4.98 Å². The highest BCUT2D eigenvalue weighted by molar-refractivity contribution is 5.87. The van der Waals surface area contributed by atoms with Gasteiger partial charge in [0.2, 0.25) is 11.6 Å². The zero-order valence-corrected chi connectivity index (χ0v) is 17.5. The van der Waals surface area contributed by atoms with Crippen molar-refractivity contribution in [2.75, 3.05) is 5.32 Å². The summed E-state index contributed by atoms with van der Waals surface area (Å²) in [5.41, 5.74) is 2.08. The van der Waals surface area contributed by atoms with Crippen molar-refractivity contribution in [1.29, 1.82) is 0 Å². The Hall–Kier alpha value is -2.97. The van der Waals surface area contributed by atoms with Gasteiger partial charge in [-0.1, -0.05) is 38.9 Å². The summed E-state index contributed by atoms with van der Waals surface area (Å²) in [7, 11) is 1.95. The SMILES string of the molecule is C=C(c1nc2nc(-c3noc(=O)[nH]3)nc(NC(C)C3CCC3)c2n1C)C(C)(C)C. The molecule has 1 aliphatic carbocycles. The molecule has 4 rings (SSSR count). The lowest BCUT2D eigenvalue weighted by atomic mass is 9.80. The Bertz CT molecular complexity index is 1130. The molecule has 9 heteroatoms. The number of fused-ring (bicyclic) bond motifs is 1. The van der Waals surface area contributed by atoms with Gasteiger partial charge in [-0.3, -0.25) is 9.51 Å². The van der Waals surface area contributed by atoms with Gasteiger partial charge >= 0.3 is 5.76 Å². The molecule has 3 heterocycles. The molecule has 1 aliphatic rings. The van der Waals surface area contributed by atoms with E-state index >= 15 is 0 Å². The number of aromatic nitrogens is 6. The van der Waals surface area contributed by atoms with E-state index in [1.54, 1.807) is 0 Å². The van der Waals surface area contributed by atoms with Crippen LogP contribution in [0.5, 0.6) is 0 Å². The molecule has 1 fully saturated rings. The molecule has 2 N–H and O–H groups in total. The van der Waals surface area contributed by atoms with Crippen molar-refractivity contribution in [2.24, 2.45) is 18.4 Å². The molecule has 9 nitrogen and oxygen atoms in total. The van der Waals surface area contributed by atoms with Crippen LogP contribution < -0.4 is 11.1 Å². The van der Waals surface area contributed by atoms with Crippen LogP contribution in [0.15, 0.2) is 15.9 Å². The Morgan fingerprint density at radius 3 is 2.59 bits per heavy atom. The highest BCUT2D eigenvalue weighted by Crippen LogP contribution is 2.36. The van der Waals surface area contributed by atoms with Gasteiger partial charge in [-0.2, -0.15) is 0 Å². The highest BCUT2D eigenvalue weighted by atomic mass is 16.5. The highest BCUT2D eigenvalue weighted by Gasteiger charge is 2.28. The number of H-pyrrole nitrogens is 1. The van der Waals surface area contributed by atoms with Gasteiger partial charge < -0.3 is 9.88 Å². The molecule has 0 spiro atoms. The fraction of sp³-hybridized carbons (Fsp3) is 0.550. The summed E-state index contributed by atoms with van der Waals surface area (Å²) in [4.78, 5) is 27.8. The van der Waals surface area contributed by atoms with Crippen molar-refractivity contribution < 1.29 is 4.52 Å². The summed E-state index contributed by atoms with van der Waals surface area (Å²) < 4.78 is 6.61. The van der Waals surface area contributed by atoms with Gasteiger partial charge in [-0.05, 0) is 36.7 Å². The van der Waals surface area contributed by atoms with Crippen molar-refractivity contribution in [2.45, 2.75) is 53.0 Å².